The standard InChI is InChI=1S/C17H16BrClN4O/c1-2-3-15(17(24)22-16-7-5-13(19)10-20-16)23-14-6-4-12(18)8-11(14)9-21-23/h4-10,15H,2-3H2,1H3,(H,20,22,24). The number of amides is 1. The third-order valence-corrected chi connectivity index (χ3v) is 4.41. The van der Waals surface area contributed by atoms with Gasteiger partial charge in [0.05, 0.1) is 16.7 Å². The lowest BCUT2D eigenvalue weighted by atomic mass is 10.1. The Morgan fingerprint density at radius 1 is 1.33 bits per heavy atom. The van der Waals surface area contributed by atoms with Gasteiger partial charge >= 0.3 is 0 Å². The molecule has 0 aliphatic rings. The third kappa shape index (κ3) is 3.60. The highest BCUT2D eigenvalue weighted by Gasteiger charge is 2.22. The molecular weight excluding hydrogens is 392 g/mol. The summed E-state index contributed by atoms with van der Waals surface area (Å²) in [4.78, 5) is 16.9. The second kappa shape index (κ2) is 7.32. The molecule has 3 rings (SSSR count). The Bertz CT molecular complexity index is 863. The molecule has 0 aliphatic carbocycles. The van der Waals surface area contributed by atoms with Crippen molar-refractivity contribution < 1.29 is 4.79 Å². The molecule has 0 saturated carbocycles. The smallest absolute Gasteiger partial charge is 0.250 e. The Balaban J connectivity index is 1.90. The van der Waals surface area contributed by atoms with Crippen LogP contribution < -0.4 is 5.32 Å². The van der Waals surface area contributed by atoms with Crippen LogP contribution in [0.2, 0.25) is 5.02 Å². The summed E-state index contributed by atoms with van der Waals surface area (Å²) in [6, 6.07) is 8.87. The molecule has 1 aromatic carbocycles. The molecular formula is C17H16BrClN4O. The first-order chi connectivity index (χ1) is 11.6. The summed E-state index contributed by atoms with van der Waals surface area (Å²) in [5, 5.41) is 8.78. The van der Waals surface area contributed by atoms with Gasteiger partial charge in [0.15, 0.2) is 0 Å². The zero-order valence-corrected chi connectivity index (χ0v) is 15.4. The number of anilines is 1. The van der Waals surface area contributed by atoms with Crippen LogP contribution in [0.3, 0.4) is 0 Å². The predicted molar refractivity (Wildman–Crippen MR) is 99.3 cm³/mol. The lowest BCUT2D eigenvalue weighted by molar-refractivity contribution is -0.119. The number of pyridine rings is 1. The van der Waals surface area contributed by atoms with Crippen molar-refractivity contribution in [2.75, 3.05) is 5.32 Å². The van der Waals surface area contributed by atoms with Gasteiger partial charge in [-0.15, -0.1) is 0 Å². The van der Waals surface area contributed by atoms with E-state index < -0.39 is 6.04 Å². The van der Waals surface area contributed by atoms with Crippen molar-refractivity contribution in [3.63, 3.8) is 0 Å². The average molecular weight is 408 g/mol. The molecule has 2 aromatic heterocycles. The molecule has 2 heterocycles. The molecule has 1 unspecified atom stereocenters. The number of hydrogen-bond donors (Lipinski definition) is 1. The molecule has 24 heavy (non-hydrogen) atoms. The van der Waals surface area contributed by atoms with Gasteiger partial charge < -0.3 is 5.32 Å². The Morgan fingerprint density at radius 3 is 2.88 bits per heavy atom. The number of nitrogens with zero attached hydrogens (tertiary/aromatic N) is 3. The Hall–Kier alpha value is -1.92. The van der Waals surface area contributed by atoms with Gasteiger partial charge in [-0.1, -0.05) is 40.9 Å². The molecule has 0 spiro atoms. The second-order valence-corrected chi connectivity index (χ2v) is 6.80. The van der Waals surface area contributed by atoms with E-state index in [1.54, 1.807) is 23.0 Å². The summed E-state index contributed by atoms with van der Waals surface area (Å²) in [7, 11) is 0. The lowest BCUT2D eigenvalue weighted by Gasteiger charge is -2.17. The van der Waals surface area contributed by atoms with Crippen LogP contribution in [0, 0.1) is 0 Å². The maximum atomic E-state index is 12.7. The third-order valence-electron chi connectivity index (χ3n) is 3.70. The number of aromatic nitrogens is 3. The fraction of sp³-hybridized carbons (Fsp3) is 0.235. The van der Waals surface area contributed by atoms with E-state index >= 15 is 0 Å². The van der Waals surface area contributed by atoms with Gasteiger partial charge in [-0.2, -0.15) is 5.10 Å². The van der Waals surface area contributed by atoms with Crippen LogP contribution in [-0.4, -0.2) is 20.7 Å². The van der Waals surface area contributed by atoms with Crippen molar-refractivity contribution in [3.8, 4) is 0 Å². The van der Waals surface area contributed by atoms with E-state index in [2.05, 4.69) is 31.3 Å². The van der Waals surface area contributed by atoms with Crippen molar-refractivity contribution in [2.45, 2.75) is 25.8 Å². The molecule has 0 aliphatic heterocycles. The number of fused-ring (bicyclic) bond motifs is 1. The van der Waals surface area contributed by atoms with Gasteiger partial charge in [0.1, 0.15) is 11.9 Å². The molecule has 3 aromatic rings. The van der Waals surface area contributed by atoms with Crippen LogP contribution in [0.1, 0.15) is 25.8 Å². The fourth-order valence-electron chi connectivity index (χ4n) is 2.57. The summed E-state index contributed by atoms with van der Waals surface area (Å²) < 4.78 is 2.76. The van der Waals surface area contributed by atoms with Crippen LogP contribution in [0.5, 0.6) is 0 Å². The highest BCUT2D eigenvalue weighted by molar-refractivity contribution is 9.10. The predicted octanol–water partition coefficient (Wildman–Crippen LogP) is 4.83. The lowest BCUT2D eigenvalue weighted by Crippen LogP contribution is -2.27. The minimum atomic E-state index is -0.397. The van der Waals surface area contributed by atoms with E-state index in [0.29, 0.717) is 17.3 Å². The number of carbonyl (C=O) groups is 1. The highest BCUT2D eigenvalue weighted by atomic mass is 79.9. The van der Waals surface area contributed by atoms with Crippen LogP contribution in [0.4, 0.5) is 5.82 Å². The van der Waals surface area contributed by atoms with E-state index in [4.69, 9.17) is 11.6 Å². The van der Waals surface area contributed by atoms with Crippen molar-refractivity contribution in [3.05, 3.63) is 52.2 Å². The fourth-order valence-corrected chi connectivity index (χ4v) is 3.06. The van der Waals surface area contributed by atoms with Gasteiger partial charge in [0.25, 0.3) is 0 Å². The molecule has 0 bridgehead atoms. The molecule has 124 valence electrons. The van der Waals surface area contributed by atoms with Crippen LogP contribution in [-0.2, 0) is 4.79 Å². The first kappa shape index (κ1) is 16.9. The summed E-state index contributed by atoms with van der Waals surface area (Å²) >= 11 is 9.28. The summed E-state index contributed by atoms with van der Waals surface area (Å²) in [5.74, 6) is 0.337. The van der Waals surface area contributed by atoms with E-state index in [9.17, 15) is 4.79 Å². The van der Waals surface area contributed by atoms with Gasteiger partial charge in [0.2, 0.25) is 5.91 Å². The molecule has 0 radical (unpaired) electrons. The zero-order valence-electron chi connectivity index (χ0n) is 13.0. The SMILES string of the molecule is CCCC(C(=O)Nc1ccc(Cl)cn1)n1ncc2cc(Br)ccc21. The minimum absolute atomic E-state index is 0.139. The Labute approximate surface area is 153 Å². The van der Waals surface area contributed by atoms with Crippen molar-refractivity contribution in [1.29, 1.82) is 0 Å². The second-order valence-electron chi connectivity index (χ2n) is 5.45. The van der Waals surface area contributed by atoms with E-state index in [0.717, 1.165) is 21.8 Å². The van der Waals surface area contributed by atoms with Crippen molar-refractivity contribution in [2.24, 2.45) is 0 Å². The first-order valence-corrected chi connectivity index (χ1v) is 8.80. The summed E-state index contributed by atoms with van der Waals surface area (Å²) in [5.41, 5.74) is 0.927. The highest BCUT2D eigenvalue weighted by Crippen LogP contribution is 2.25. The topological polar surface area (TPSA) is 59.8 Å². The minimum Gasteiger partial charge on any atom is -0.309 e. The number of rotatable bonds is 5. The van der Waals surface area contributed by atoms with Crippen LogP contribution in [0.15, 0.2) is 47.2 Å². The number of halogens is 2. The Kier molecular flexibility index (Phi) is 5.16. The number of nitrogens with one attached hydrogen (secondary N) is 1. The normalized spacial score (nSPS) is 12.3. The molecule has 1 atom stereocenters. The average Bonchev–Trinajstić information content (AvgIpc) is 2.97. The van der Waals surface area contributed by atoms with Crippen LogP contribution >= 0.6 is 27.5 Å². The van der Waals surface area contributed by atoms with Crippen molar-refractivity contribution >= 4 is 50.2 Å². The number of hydrogen-bond acceptors (Lipinski definition) is 3. The summed E-state index contributed by atoms with van der Waals surface area (Å²) in [6.45, 7) is 2.04. The first-order valence-electron chi connectivity index (χ1n) is 7.63. The molecule has 7 heteroatoms. The monoisotopic (exact) mass is 406 g/mol. The van der Waals surface area contributed by atoms with E-state index in [1.165, 1.54) is 6.20 Å². The maximum Gasteiger partial charge on any atom is 0.250 e. The molecule has 0 saturated heterocycles. The maximum absolute atomic E-state index is 12.7. The largest absolute Gasteiger partial charge is 0.309 e. The van der Waals surface area contributed by atoms with Gasteiger partial charge in [-0.05, 0) is 36.8 Å². The molecule has 1 N–H and O–H groups in total. The molecule has 1 amide bonds. The van der Waals surface area contributed by atoms with Crippen LogP contribution in [0.25, 0.3) is 10.9 Å². The van der Waals surface area contributed by atoms with E-state index in [-0.39, 0.29) is 5.91 Å². The molecule has 0 fully saturated rings. The van der Waals surface area contributed by atoms with Gasteiger partial charge in [0, 0.05) is 16.1 Å². The summed E-state index contributed by atoms with van der Waals surface area (Å²) in [6.07, 6.45) is 4.83. The van der Waals surface area contributed by atoms with Gasteiger partial charge in [-0.3, -0.25) is 9.48 Å². The quantitative estimate of drug-likeness (QED) is 0.659. The number of benzene rings is 1. The number of carbonyl (C=O) groups excluding carboxylic acids is 1. The Morgan fingerprint density at radius 2 is 2.17 bits per heavy atom. The zero-order chi connectivity index (χ0) is 17.1. The van der Waals surface area contributed by atoms with E-state index in [1.807, 2.05) is 25.1 Å². The van der Waals surface area contributed by atoms with Gasteiger partial charge in [-0.25, -0.2) is 4.98 Å². The molecule has 5 nitrogen and oxygen atoms in total. The van der Waals surface area contributed by atoms with Crippen molar-refractivity contribution in [1.82, 2.24) is 14.8 Å².